The average Bonchev–Trinajstić information content (AvgIpc) is 2.90. The van der Waals surface area contributed by atoms with E-state index in [9.17, 15) is 19.5 Å². The largest absolute Gasteiger partial charge is 0.390 e. The summed E-state index contributed by atoms with van der Waals surface area (Å²) >= 11 is 0. The van der Waals surface area contributed by atoms with Crippen LogP contribution in [-0.4, -0.2) is 69.4 Å². The summed E-state index contributed by atoms with van der Waals surface area (Å²) in [5, 5.41) is 17.1. The quantitative estimate of drug-likeness (QED) is 0.417. The van der Waals surface area contributed by atoms with Gasteiger partial charge >= 0.3 is 0 Å². The summed E-state index contributed by atoms with van der Waals surface area (Å²) in [5.41, 5.74) is 0.278. The van der Waals surface area contributed by atoms with Crippen LogP contribution in [0.15, 0.2) is 24.3 Å². The van der Waals surface area contributed by atoms with Crippen molar-refractivity contribution in [3.8, 4) is 0 Å². The maximum atomic E-state index is 13.7. The Kier molecular flexibility index (Phi) is 10.8. The number of nitrogens with zero attached hydrogens (tertiary/aromatic N) is 2. The second-order valence-corrected chi connectivity index (χ2v) is 12.0. The van der Waals surface area contributed by atoms with Gasteiger partial charge in [-0.15, -0.1) is 12.4 Å². The van der Waals surface area contributed by atoms with E-state index in [1.165, 1.54) is 0 Å². The van der Waals surface area contributed by atoms with Crippen LogP contribution in [-0.2, 0) is 20.9 Å². The third-order valence-electron chi connectivity index (χ3n) is 8.75. The molecule has 0 radical (unpaired) electrons. The summed E-state index contributed by atoms with van der Waals surface area (Å²) in [5.74, 6) is -0.141. The molecule has 0 bridgehead atoms. The van der Waals surface area contributed by atoms with E-state index in [1.54, 1.807) is 0 Å². The second kappa shape index (κ2) is 13.5. The van der Waals surface area contributed by atoms with E-state index in [0.29, 0.717) is 38.6 Å². The van der Waals surface area contributed by atoms with E-state index in [4.69, 9.17) is 0 Å². The average molecular weight is 563 g/mol. The number of hydrogen-bond acceptors (Lipinski definition) is 5. The maximum Gasteiger partial charge on any atom is 0.246 e. The van der Waals surface area contributed by atoms with Gasteiger partial charge in [-0.3, -0.25) is 19.3 Å². The molecule has 1 saturated carbocycles. The van der Waals surface area contributed by atoms with Gasteiger partial charge in [-0.05, 0) is 49.8 Å². The molecule has 9 heteroatoms. The molecule has 3 fully saturated rings. The minimum Gasteiger partial charge on any atom is -0.390 e. The molecule has 2 saturated heterocycles. The number of benzene rings is 1. The third kappa shape index (κ3) is 7.33. The zero-order chi connectivity index (χ0) is 27.3. The van der Waals surface area contributed by atoms with Crippen LogP contribution in [0.3, 0.4) is 0 Å². The highest BCUT2D eigenvalue weighted by atomic mass is 35.5. The van der Waals surface area contributed by atoms with E-state index in [1.807, 2.05) is 43.0 Å². The molecule has 0 aromatic heterocycles. The zero-order valence-electron chi connectivity index (χ0n) is 23.8. The minimum atomic E-state index is -0.858. The first-order valence-electron chi connectivity index (χ1n) is 14.6. The van der Waals surface area contributed by atoms with Crippen molar-refractivity contribution in [1.29, 1.82) is 0 Å². The van der Waals surface area contributed by atoms with Crippen molar-refractivity contribution in [3.63, 3.8) is 0 Å². The smallest absolute Gasteiger partial charge is 0.246 e. The summed E-state index contributed by atoms with van der Waals surface area (Å²) in [6.07, 6.45) is 7.81. The van der Waals surface area contributed by atoms with Gasteiger partial charge in [0.1, 0.15) is 11.6 Å². The lowest BCUT2D eigenvalue weighted by atomic mass is 9.77. The Balaban J connectivity index is 0.00000420. The van der Waals surface area contributed by atoms with Crippen molar-refractivity contribution in [2.45, 2.75) is 109 Å². The van der Waals surface area contributed by atoms with Crippen molar-refractivity contribution in [2.75, 3.05) is 25.0 Å². The number of unbranched alkanes of at least 4 members (excludes halogenated alkanes) is 1. The molecule has 3 N–H and O–H groups in total. The Morgan fingerprint density at radius 1 is 1.08 bits per heavy atom. The van der Waals surface area contributed by atoms with Gasteiger partial charge in [0.25, 0.3) is 0 Å². The van der Waals surface area contributed by atoms with Crippen LogP contribution in [0, 0.1) is 5.92 Å². The van der Waals surface area contributed by atoms with Gasteiger partial charge in [-0.2, -0.15) is 0 Å². The number of aliphatic hydroxyl groups is 1. The molecule has 2 aliphatic heterocycles. The number of halogens is 1. The lowest BCUT2D eigenvalue weighted by molar-refractivity contribution is -0.163. The number of anilines is 1. The van der Waals surface area contributed by atoms with Gasteiger partial charge in [0.15, 0.2) is 0 Å². The maximum absolute atomic E-state index is 13.7. The summed E-state index contributed by atoms with van der Waals surface area (Å²) in [6, 6.07) is 7.29. The van der Waals surface area contributed by atoms with E-state index in [-0.39, 0.29) is 36.0 Å². The van der Waals surface area contributed by atoms with E-state index in [0.717, 1.165) is 63.0 Å². The minimum absolute atomic E-state index is 0. The Morgan fingerprint density at radius 3 is 2.31 bits per heavy atom. The van der Waals surface area contributed by atoms with Crippen molar-refractivity contribution in [2.24, 2.45) is 5.92 Å². The number of likely N-dealkylation sites (tertiary alicyclic amines) is 1. The molecule has 1 atom stereocenters. The molecule has 4 rings (SSSR count). The van der Waals surface area contributed by atoms with Gasteiger partial charge < -0.3 is 20.6 Å². The molecule has 1 aromatic rings. The number of rotatable bonds is 9. The summed E-state index contributed by atoms with van der Waals surface area (Å²) < 4.78 is 0. The molecule has 1 aliphatic carbocycles. The van der Waals surface area contributed by atoms with Gasteiger partial charge in [-0.25, -0.2) is 0 Å². The van der Waals surface area contributed by atoms with Crippen LogP contribution >= 0.6 is 12.4 Å². The van der Waals surface area contributed by atoms with Crippen molar-refractivity contribution in [3.05, 3.63) is 29.8 Å². The fraction of sp³-hybridized carbons (Fsp3) is 0.700. The lowest BCUT2D eigenvalue weighted by Gasteiger charge is -2.52. The van der Waals surface area contributed by atoms with Crippen molar-refractivity contribution >= 4 is 35.8 Å². The summed E-state index contributed by atoms with van der Waals surface area (Å²) in [7, 11) is 0. The number of amides is 3. The van der Waals surface area contributed by atoms with E-state index < -0.39 is 17.2 Å². The first-order chi connectivity index (χ1) is 18.2. The molecular formula is C30H47ClN4O4. The number of hydrogen-bond donors (Lipinski definition) is 3. The highest BCUT2D eigenvalue weighted by Gasteiger charge is 2.54. The topological polar surface area (TPSA) is 102 Å². The van der Waals surface area contributed by atoms with Crippen LogP contribution in [0.2, 0.25) is 0 Å². The van der Waals surface area contributed by atoms with Crippen LogP contribution in [0.1, 0.15) is 90.5 Å². The molecule has 218 valence electrons. The molecule has 1 spiro atoms. The SMILES string of the molecule is CCCCN1C(=O)[C@@H](CC2(O)CCCCC2)NC(=O)C12CCN(Cc1ccc(NC(=O)C(C)C)cc1)CC2.Cl. The summed E-state index contributed by atoms with van der Waals surface area (Å²) in [4.78, 5) is 43.5. The van der Waals surface area contributed by atoms with Gasteiger partial charge in [0.2, 0.25) is 17.7 Å². The lowest BCUT2D eigenvalue weighted by Crippen LogP contribution is -2.73. The Morgan fingerprint density at radius 2 is 1.72 bits per heavy atom. The first kappa shape index (κ1) is 31.4. The molecule has 0 unspecified atom stereocenters. The van der Waals surface area contributed by atoms with Crippen LogP contribution in [0.4, 0.5) is 5.69 Å². The van der Waals surface area contributed by atoms with Gasteiger partial charge in [0.05, 0.1) is 5.60 Å². The predicted octanol–water partition coefficient (Wildman–Crippen LogP) is 4.25. The van der Waals surface area contributed by atoms with E-state index in [2.05, 4.69) is 22.5 Å². The number of piperidine rings is 1. The van der Waals surface area contributed by atoms with Crippen LogP contribution in [0.5, 0.6) is 0 Å². The molecule has 3 aliphatic rings. The van der Waals surface area contributed by atoms with Crippen LogP contribution in [0.25, 0.3) is 0 Å². The first-order valence-corrected chi connectivity index (χ1v) is 14.6. The molecule has 3 amide bonds. The Labute approximate surface area is 239 Å². The fourth-order valence-corrected chi connectivity index (χ4v) is 6.27. The Hall–Kier alpha value is -2.16. The normalized spacial score (nSPS) is 22.9. The van der Waals surface area contributed by atoms with Gasteiger partial charge in [0, 0.05) is 44.2 Å². The van der Waals surface area contributed by atoms with Crippen molar-refractivity contribution in [1.82, 2.24) is 15.1 Å². The molecule has 2 heterocycles. The standard InChI is InChI=1S/C30H46N4O4.ClH/c1-4-5-17-34-27(36)25(20-29(38)13-7-6-8-14-29)32-28(37)30(34)15-18-33(19-16-30)21-23-9-11-24(12-10-23)31-26(35)22(2)3;/h9-12,22,25,38H,4-8,13-21H2,1-3H3,(H,31,35)(H,32,37);1H/t25-;/m1./s1. The number of carbonyl (C=O) groups is 3. The highest BCUT2D eigenvalue weighted by molar-refractivity contribution is 6.00. The number of piperazine rings is 1. The predicted molar refractivity (Wildman–Crippen MR) is 156 cm³/mol. The Bertz CT molecular complexity index is 985. The van der Waals surface area contributed by atoms with Gasteiger partial charge in [-0.1, -0.05) is 58.6 Å². The molecule has 8 nitrogen and oxygen atoms in total. The van der Waals surface area contributed by atoms with E-state index >= 15 is 0 Å². The fourth-order valence-electron chi connectivity index (χ4n) is 6.27. The van der Waals surface area contributed by atoms with Crippen molar-refractivity contribution < 1.29 is 19.5 Å². The molecular weight excluding hydrogens is 516 g/mol. The molecule has 1 aromatic carbocycles. The highest BCUT2D eigenvalue weighted by Crippen LogP contribution is 2.37. The third-order valence-corrected chi connectivity index (χ3v) is 8.75. The van der Waals surface area contributed by atoms with Crippen LogP contribution < -0.4 is 10.6 Å². The molecule has 39 heavy (non-hydrogen) atoms. The second-order valence-electron chi connectivity index (χ2n) is 12.0. The number of nitrogens with one attached hydrogen (secondary N) is 2. The number of carbonyl (C=O) groups excluding carboxylic acids is 3. The zero-order valence-corrected chi connectivity index (χ0v) is 24.7. The summed E-state index contributed by atoms with van der Waals surface area (Å²) in [6.45, 7) is 8.64. The monoisotopic (exact) mass is 562 g/mol.